The molecule has 798 valence electrons. The molecular formula is C118H206O20. The maximum absolute atomic E-state index is 12.7. The highest BCUT2D eigenvalue weighted by molar-refractivity contribution is 5.83. The van der Waals surface area contributed by atoms with E-state index in [1.165, 1.54) is 167 Å². The molecule has 18 saturated carbocycles. The summed E-state index contributed by atoms with van der Waals surface area (Å²) in [4.78, 5) is 123. The van der Waals surface area contributed by atoms with Crippen LogP contribution in [0.1, 0.15) is 474 Å². The van der Waals surface area contributed by atoms with Crippen molar-refractivity contribution in [3.8, 4) is 0 Å². The second-order valence-corrected chi connectivity index (χ2v) is 49.7. The minimum atomic E-state index is -0.860. The highest BCUT2D eigenvalue weighted by atomic mass is 16.6. The van der Waals surface area contributed by atoms with E-state index in [1.807, 2.05) is 187 Å². The van der Waals surface area contributed by atoms with Crippen LogP contribution in [0.5, 0.6) is 0 Å². The zero-order chi connectivity index (χ0) is 104. The molecule has 0 aromatic carbocycles. The summed E-state index contributed by atoms with van der Waals surface area (Å²) in [6, 6.07) is 0. The van der Waals surface area contributed by atoms with Crippen molar-refractivity contribution in [2.75, 3.05) is 26.4 Å². The minimum Gasteiger partial charge on any atom is -0.457 e. The number of esters is 10. The van der Waals surface area contributed by atoms with Gasteiger partial charge in [-0.1, -0.05) is 131 Å². The van der Waals surface area contributed by atoms with Gasteiger partial charge in [0, 0.05) is 28.1 Å². The van der Waals surface area contributed by atoms with Crippen LogP contribution in [0.4, 0.5) is 0 Å². The summed E-state index contributed by atoms with van der Waals surface area (Å²) in [5.41, 5.74) is -4.78. The van der Waals surface area contributed by atoms with E-state index in [0.717, 1.165) is 120 Å². The van der Waals surface area contributed by atoms with E-state index in [1.54, 1.807) is 6.92 Å². The SMILES string of the molecule is CC.CC.CC.CC.CC.CCC(C)(C)C(=O)OC(C)C(=O)OC(C)(C)C12CC3CC(CC(C3)C1)C2.CCC(C)(C)C(=O)OCC(=O)OC(C)(C)C1CC2CC1C1C3CCC(C3)C21.CCC(C)(C)C(=O)OCC(=O)OC(C)(C)C1CC2CCC1C2.CCC(C)(C)C(=O)OCC(=O)OC(C)(CC)C12CC3CC(CC(C3)C1)C2.CCC(C)(C)C(=O)OCC(=O)OC(CC)(CC)C12CC3CC(CC(C3)C1)C2. The number of rotatable bonds is 33. The Bertz CT molecular complexity index is 3810. The Morgan fingerprint density at radius 1 is 0.275 bits per heavy atom. The lowest BCUT2D eigenvalue weighted by Crippen LogP contribution is -2.59. The molecule has 0 heterocycles. The van der Waals surface area contributed by atoms with Crippen LogP contribution in [0.3, 0.4) is 0 Å². The third-order valence-corrected chi connectivity index (χ3v) is 38.4. The molecule has 0 aromatic heterocycles. The van der Waals surface area contributed by atoms with Crippen LogP contribution < -0.4 is 0 Å². The Kier molecular flexibility index (Phi) is 44.2. The van der Waals surface area contributed by atoms with Crippen LogP contribution in [0.15, 0.2) is 0 Å². The molecule has 0 saturated heterocycles. The fraction of sp³-hybridized carbons (Fsp3) is 0.915. The van der Waals surface area contributed by atoms with Crippen molar-refractivity contribution in [1.29, 1.82) is 0 Å². The number of hydrogen-bond acceptors (Lipinski definition) is 20. The average molecular weight is 1940 g/mol. The minimum absolute atomic E-state index is 0.101. The van der Waals surface area contributed by atoms with E-state index < -0.39 is 85.1 Å². The zero-order valence-electron chi connectivity index (χ0n) is 94.8. The predicted molar refractivity (Wildman–Crippen MR) is 549 cm³/mol. The molecule has 0 amide bonds. The van der Waals surface area contributed by atoms with Crippen LogP contribution in [0.25, 0.3) is 0 Å². The van der Waals surface area contributed by atoms with Gasteiger partial charge in [-0.2, -0.15) is 0 Å². The van der Waals surface area contributed by atoms with Gasteiger partial charge in [0.25, 0.3) is 0 Å². The average Bonchev–Trinajstić information content (AvgIpc) is 1.45. The molecule has 20 nitrogen and oxygen atoms in total. The Morgan fingerprint density at radius 3 is 0.899 bits per heavy atom. The van der Waals surface area contributed by atoms with Crippen molar-refractivity contribution < 1.29 is 95.3 Å². The molecule has 18 aliphatic rings. The summed E-state index contributed by atoms with van der Waals surface area (Å²) >= 11 is 0. The van der Waals surface area contributed by atoms with Crippen molar-refractivity contribution in [3.63, 3.8) is 0 Å². The molecule has 18 aliphatic carbocycles. The summed E-state index contributed by atoms with van der Waals surface area (Å²) in [5.74, 6) is 11.3. The van der Waals surface area contributed by atoms with Gasteiger partial charge in [0.1, 0.15) is 28.0 Å². The number of ether oxygens (including phenoxy) is 10. The molecule has 18 rings (SSSR count). The number of hydrogen-bond donors (Lipinski definition) is 0. The van der Waals surface area contributed by atoms with E-state index in [9.17, 15) is 47.9 Å². The van der Waals surface area contributed by atoms with Gasteiger partial charge >= 0.3 is 59.7 Å². The lowest BCUT2D eigenvalue weighted by atomic mass is 9.44. The van der Waals surface area contributed by atoms with Crippen molar-refractivity contribution >= 4 is 59.7 Å². The molecule has 0 spiro atoms. The van der Waals surface area contributed by atoms with Gasteiger partial charge in [-0.15, -0.1) is 0 Å². The Hall–Kier alpha value is -5.30. The first-order valence-corrected chi connectivity index (χ1v) is 56.6. The van der Waals surface area contributed by atoms with Crippen LogP contribution in [-0.4, -0.2) is 120 Å². The predicted octanol–water partition coefficient (Wildman–Crippen LogP) is 28.5. The number of fused-ring (bicyclic) bond motifs is 11. The highest BCUT2D eigenvalue weighted by Crippen LogP contribution is 2.72. The molecule has 18 bridgehead atoms. The smallest absolute Gasteiger partial charge is 0.347 e. The van der Waals surface area contributed by atoms with Crippen LogP contribution >= 0.6 is 0 Å². The lowest BCUT2D eigenvalue weighted by Gasteiger charge is -2.63. The Balaban J connectivity index is 0.000000259. The van der Waals surface area contributed by atoms with Gasteiger partial charge in [-0.25, -0.2) is 24.0 Å². The Morgan fingerprint density at radius 2 is 0.580 bits per heavy atom. The molecule has 12 unspecified atom stereocenters. The summed E-state index contributed by atoms with van der Waals surface area (Å²) in [5, 5.41) is 0. The van der Waals surface area contributed by atoms with Crippen molar-refractivity contribution in [2.45, 2.75) is 508 Å². The van der Waals surface area contributed by atoms with E-state index in [-0.39, 0.29) is 78.5 Å². The van der Waals surface area contributed by atoms with Gasteiger partial charge in [0.15, 0.2) is 32.5 Å². The maximum Gasteiger partial charge on any atom is 0.347 e. The summed E-state index contributed by atoms with van der Waals surface area (Å²) in [7, 11) is 0. The molecule has 0 aliphatic heterocycles. The molecule has 12 atom stereocenters. The molecular weight excluding hydrogens is 1740 g/mol. The first kappa shape index (κ1) is 121. The maximum atomic E-state index is 12.7. The van der Waals surface area contributed by atoms with E-state index in [4.69, 9.17) is 47.4 Å². The van der Waals surface area contributed by atoms with Gasteiger partial charge in [-0.05, 0) is 444 Å². The topological polar surface area (TPSA) is 263 Å². The van der Waals surface area contributed by atoms with Gasteiger partial charge in [0.05, 0.1) is 27.1 Å². The standard InChI is InChI=1S/C23H36O4.C23H38O4.2C22H36O4.C18H30O4.5C2H6/c1-6-22(2,3)21(25)26-12-18(24)27-23(4,5)17-11-15-10-16(17)20-14-8-7-13(9-14)19(15)20;1-6-21(4,5)20(25)26-15-19(24)27-23(7-2,8-3)22-12-16-9-17(13-22)11-18(10-16)14-22;1-7-20(3,4)19(24)25-14(2)18(23)26-21(5,6)22-11-15-8-16(12-22)10-17(9-15)13-22;1-6-20(3,4)19(24)25-14-18(23)26-21(5,7-2)22-11-15-8-16(12-22)10-17(9-15)13-22;1-6-17(2,3)16(20)21-11-15(19)22-18(4,5)14-10-12-7-8-13(14)9-12;5*1-2/h13-17,19-20H,6-12H2,1-5H3;16-18H,6-15H2,1-5H3;14-17H,7-13H2,1-6H3;15-17H,6-14H2,1-5H3;12-14H,6-11H2,1-5H3;5*1-2H3. The normalized spacial score (nSPS) is 31.8. The Labute approximate surface area is 840 Å². The summed E-state index contributed by atoms with van der Waals surface area (Å²) in [6.45, 7) is 69.4. The fourth-order valence-corrected chi connectivity index (χ4v) is 29.7. The summed E-state index contributed by atoms with van der Waals surface area (Å²) < 4.78 is 56.1. The van der Waals surface area contributed by atoms with Crippen LogP contribution in [-0.2, 0) is 95.3 Å². The largest absolute Gasteiger partial charge is 0.457 e. The van der Waals surface area contributed by atoms with Gasteiger partial charge < -0.3 is 47.4 Å². The van der Waals surface area contributed by atoms with Crippen LogP contribution in [0, 0.1) is 156 Å². The molecule has 0 aromatic rings. The number of carbonyl (C=O) groups is 10. The monoisotopic (exact) mass is 1940 g/mol. The first-order chi connectivity index (χ1) is 64.6. The molecule has 20 heteroatoms. The third kappa shape index (κ3) is 28.1. The third-order valence-electron chi connectivity index (χ3n) is 38.4. The first-order valence-electron chi connectivity index (χ1n) is 56.6. The molecule has 0 radical (unpaired) electrons. The summed E-state index contributed by atoms with van der Waals surface area (Å²) in [6.07, 6.45) is 40.0. The fourth-order valence-electron chi connectivity index (χ4n) is 29.7. The molecule has 18 fully saturated rings. The highest BCUT2D eigenvalue weighted by Gasteiger charge is 2.67. The van der Waals surface area contributed by atoms with E-state index in [2.05, 4.69) is 55.4 Å². The second kappa shape index (κ2) is 50.2. The van der Waals surface area contributed by atoms with Crippen molar-refractivity contribution in [2.24, 2.45) is 156 Å². The van der Waals surface area contributed by atoms with E-state index in [0.29, 0.717) is 49.9 Å². The van der Waals surface area contributed by atoms with Gasteiger partial charge in [0.2, 0.25) is 0 Å². The zero-order valence-corrected chi connectivity index (χ0v) is 94.8. The van der Waals surface area contributed by atoms with Gasteiger partial charge in [-0.3, -0.25) is 24.0 Å². The quantitative estimate of drug-likeness (QED) is 0.0336. The van der Waals surface area contributed by atoms with Crippen molar-refractivity contribution in [3.05, 3.63) is 0 Å². The molecule has 138 heavy (non-hydrogen) atoms. The second-order valence-electron chi connectivity index (χ2n) is 49.7. The van der Waals surface area contributed by atoms with Crippen molar-refractivity contribution in [1.82, 2.24) is 0 Å². The number of carbonyl (C=O) groups excluding carboxylic acids is 10. The lowest BCUT2D eigenvalue weighted by molar-refractivity contribution is -0.215. The van der Waals surface area contributed by atoms with Crippen LogP contribution in [0.2, 0.25) is 0 Å². The molecule has 0 N–H and O–H groups in total. The van der Waals surface area contributed by atoms with E-state index >= 15 is 0 Å².